The summed E-state index contributed by atoms with van der Waals surface area (Å²) in [5.74, 6) is -0.727. The zero-order valence-electron chi connectivity index (χ0n) is 8.17. The van der Waals surface area contributed by atoms with E-state index in [-0.39, 0.29) is 5.97 Å². The van der Waals surface area contributed by atoms with E-state index in [0.29, 0.717) is 32.7 Å². The highest BCUT2D eigenvalue weighted by molar-refractivity contribution is 5.68. The van der Waals surface area contributed by atoms with Crippen LogP contribution in [0.15, 0.2) is 0 Å². The molecule has 13 heavy (non-hydrogen) atoms. The van der Waals surface area contributed by atoms with Gasteiger partial charge in [-0.05, 0) is 6.92 Å². The normalized spacial score (nSPS) is 20.2. The Kier molecular flexibility index (Phi) is 3.69. The molecule has 1 aliphatic heterocycles. The first-order chi connectivity index (χ1) is 6.16. The third kappa shape index (κ3) is 3.32. The number of carbonyl (C=O) groups is 1. The van der Waals surface area contributed by atoms with Crippen LogP contribution >= 0.6 is 0 Å². The molecule has 1 heterocycles. The minimum absolute atomic E-state index is 0.179. The van der Waals surface area contributed by atoms with Crippen molar-refractivity contribution in [2.75, 3.05) is 19.8 Å². The van der Waals surface area contributed by atoms with Gasteiger partial charge in [-0.3, -0.25) is 4.79 Å². The fraction of sp³-hybridized carbons (Fsp3) is 0.889. The van der Waals surface area contributed by atoms with Crippen LogP contribution in [0, 0.1) is 0 Å². The summed E-state index contributed by atoms with van der Waals surface area (Å²) in [6.45, 7) is 5.24. The van der Waals surface area contributed by atoms with Crippen LogP contribution in [0.25, 0.3) is 0 Å². The maximum absolute atomic E-state index is 10.8. The van der Waals surface area contributed by atoms with Crippen molar-refractivity contribution in [3.05, 3.63) is 0 Å². The fourth-order valence-electron chi connectivity index (χ4n) is 1.15. The molecular formula is C9H16O4. The number of esters is 1. The SMILES string of the molecule is CCC(=O)OCCC1(C)OCCO1. The summed E-state index contributed by atoms with van der Waals surface area (Å²) in [4.78, 5) is 10.8. The number of hydrogen-bond donors (Lipinski definition) is 0. The Morgan fingerprint density at radius 2 is 2.08 bits per heavy atom. The van der Waals surface area contributed by atoms with Crippen LogP contribution in [-0.2, 0) is 19.0 Å². The van der Waals surface area contributed by atoms with Crippen molar-refractivity contribution in [1.29, 1.82) is 0 Å². The number of hydrogen-bond acceptors (Lipinski definition) is 4. The van der Waals surface area contributed by atoms with Crippen LogP contribution in [0.2, 0.25) is 0 Å². The molecule has 1 rings (SSSR count). The zero-order valence-corrected chi connectivity index (χ0v) is 8.17. The van der Waals surface area contributed by atoms with Crippen molar-refractivity contribution in [3.8, 4) is 0 Å². The van der Waals surface area contributed by atoms with Crippen LogP contribution in [0.5, 0.6) is 0 Å². The molecule has 1 aliphatic rings. The van der Waals surface area contributed by atoms with E-state index in [1.54, 1.807) is 6.92 Å². The Hall–Kier alpha value is -0.610. The van der Waals surface area contributed by atoms with E-state index < -0.39 is 5.79 Å². The van der Waals surface area contributed by atoms with E-state index in [2.05, 4.69) is 0 Å². The molecule has 0 aromatic carbocycles. The van der Waals surface area contributed by atoms with Gasteiger partial charge >= 0.3 is 5.97 Å². The number of carbonyl (C=O) groups excluding carboxylic acids is 1. The number of ether oxygens (including phenoxy) is 3. The average molecular weight is 188 g/mol. The standard InChI is InChI=1S/C9H16O4/c1-3-8(10)11-5-4-9(2)12-6-7-13-9/h3-7H2,1-2H3. The first kappa shape index (κ1) is 10.5. The molecule has 1 fully saturated rings. The van der Waals surface area contributed by atoms with Crippen LogP contribution < -0.4 is 0 Å². The molecule has 0 aliphatic carbocycles. The Labute approximate surface area is 78.2 Å². The summed E-state index contributed by atoms with van der Waals surface area (Å²) < 4.78 is 15.6. The highest BCUT2D eigenvalue weighted by atomic mass is 16.7. The maximum Gasteiger partial charge on any atom is 0.305 e. The van der Waals surface area contributed by atoms with Crippen molar-refractivity contribution in [2.24, 2.45) is 0 Å². The van der Waals surface area contributed by atoms with Crippen LogP contribution in [0.1, 0.15) is 26.7 Å². The molecule has 0 unspecified atom stereocenters. The van der Waals surface area contributed by atoms with Gasteiger partial charge < -0.3 is 14.2 Å². The average Bonchev–Trinajstić information content (AvgIpc) is 2.52. The van der Waals surface area contributed by atoms with E-state index >= 15 is 0 Å². The third-order valence-electron chi connectivity index (χ3n) is 2.01. The summed E-state index contributed by atoms with van der Waals surface area (Å²) in [6, 6.07) is 0. The van der Waals surface area contributed by atoms with Gasteiger partial charge in [0.15, 0.2) is 5.79 Å². The van der Waals surface area contributed by atoms with Gasteiger partial charge in [-0.1, -0.05) is 6.92 Å². The van der Waals surface area contributed by atoms with Crippen molar-refractivity contribution in [2.45, 2.75) is 32.5 Å². The lowest BCUT2D eigenvalue weighted by Crippen LogP contribution is -2.27. The minimum atomic E-state index is -0.548. The van der Waals surface area contributed by atoms with Gasteiger partial charge in [-0.15, -0.1) is 0 Å². The van der Waals surface area contributed by atoms with E-state index in [0.717, 1.165) is 0 Å². The van der Waals surface area contributed by atoms with Crippen molar-refractivity contribution in [1.82, 2.24) is 0 Å². The quantitative estimate of drug-likeness (QED) is 0.619. The minimum Gasteiger partial charge on any atom is -0.465 e. The highest BCUT2D eigenvalue weighted by Crippen LogP contribution is 2.22. The lowest BCUT2D eigenvalue weighted by Gasteiger charge is -2.21. The van der Waals surface area contributed by atoms with Crippen LogP contribution in [0.4, 0.5) is 0 Å². The van der Waals surface area contributed by atoms with E-state index in [9.17, 15) is 4.79 Å². The number of rotatable bonds is 4. The van der Waals surface area contributed by atoms with Gasteiger partial charge in [0.05, 0.1) is 19.8 Å². The summed E-state index contributed by atoms with van der Waals surface area (Å²) >= 11 is 0. The Morgan fingerprint density at radius 1 is 1.46 bits per heavy atom. The van der Waals surface area contributed by atoms with Gasteiger partial charge in [0.2, 0.25) is 0 Å². The molecule has 0 radical (unpaired) electrons. The first-order valence-corrected chi connectivity index (χ1v) is 4.60. The molecule has 0 atom stereocenters. The molecule has 0 aromatic rings. The predicted octanol–water partition coefficient (Wildman–Crippen LogP) is 1.09. The summed E-state index contributed by atoms with van der Waals surface area (Å²) in [6.07, 6.45) is 1.01. The molecule has 4 nitrogen and oxygen atoms in total. The Bertz CT molecular complexity index is 172. The predicted molar refractivity (Wildman–Crippen MR) is 46.2 cm³/mol. The summed E-state index contributed by atoms with van der Waals surface area (Å²) in [5.41, 5.74) is 0. The molecule has 0 N–H and O–H groups in total. The van der Waals surface area contributed by atoms with Crippen LogP contribution in [-0.4, -0.2) is 31.6 Å². The smallest absolute Gasteiger partial charge is 0.305 e. The van der Waals surface area contributed by atoms with Crippen LogP contribution in [0.3, 0.4) is 0 Å². The lowest BCUT2D eigenvalue weighted by atomic mass is 10.2. The Balaban J connectivity index is 2.14. The second-order valence-electron chi connectivity index (χ2n) is 3.15. The molecule has 0 bridgehead atoms. The maximum atomic E-state index is 10.8. The van der Waals surface area contributed by atoms with Crippen molar-refractivity contribution >= 4 is 5.97 Å². The van der Waals surface area contributed by atoms with E-state index in [1.165, 1.54) is 0 Å². The van der Waals surface area contributed by atoms with Crippen molar-refractivity contribution in [3.63, 3.8) is 0 Å². The van der Waals surface area contributed by atoms with Gasteiger partial charge in [-0.2, -0.15) is 0 Å². The molecule has 76 valence electrons. The molecule has 1 saturated heterocycles. The largest absolute Gasteiger partial charge is 0.465 e. The third-order valence-corrected chi connectivity index (χ3v) is 2.01. The fourth-order valence-corrected chi connectivity index (χ4v) is 1.15. The van der Waals surface area contributed by atoms with Gasteiger partial charge in [0, 0.05) is 12.8 Å². The van der Waals surface area contributed by atoms with Gasteiger partial charge in [0.25, 0.3) is 0 Å². The van der Waals surface area contributed by atoms with Gasteiger partial charge in [0.1, 0.15) is 0 Å². The molecule has 0 amide bonds. The summed E-state index contributed by atoms with van der Waals surface area (Å²) in [5, 5.41) is 0. The first-order valence-electron chi connectivity index (χ1n) is 4.60. The second kappa shape index (κ2) is 4.58. The van der Waals surface area contributed by atoms with Gasteiger partial charge in [-0.25, -0.2) is 0 Å². The van der Waals surface area contributed by atoms with Crippen molar-refractivity contribution < 1.29 is 19.0 Å². The van der Waals surface area contributed by atoms with E-state index in [4.69, 9.17) is 14.2 Å². The lowest BCUT2D eigenvalue weighted by molar-refractivity contribution is -0.163. The molecule has 4 heteroatoms. The molecular weight excluding hydrogens is 172 g/mol. The molecule has 0 aromatic heterocycles. The topological polar surface area (TPSA) is 44.8 Å². The highest BCUT2D eigenvalue weighted by Gasteiger charge is 2.30. The monoisotopic (exact) mass is 188 g/mol. The molecule has 0 saturated carbocycles. The zero-order chi connectivity index (χ0) is 9.73. The second-order valence-corrected chi connectivity index (χ2v) is 3.15. The molecule has 0 spiro atoms. The van der Waals surface area contributed by atoms with E-state index in [1.807, 2.05) is 6.92 Å². The Morgan fingerprint density at radius 3 is 2.62 bits per heavy atom. The summed E-state index contributed by atoms with van der Waals surface area (Å²) in [7, 11) is 0.